The van der Waals surface area contributed by atoms with Gasteiger partial charge in [-0.3, -0.25) is 0 Å². The van der Waals surface area contributed by atoms with E-state index in [9.17, 15) is 0 Å². The lowest BCUT2D eigenvalue weighted by Crippen LogP contribution is -1.81. The van der Waals surface area contributed by atoms with Crippen LogP contribution in [0, 0.1) is 6.92 Å². The van der Waals surface area contributed by atoms with Gasteiger partial charge in [-0.05, 0) is 13.0 Å². The first-order valence-electron chi connectivity index (χ1n) is 4.57. The van der Waals surface area contributed by atoms with Gasteiger partial charge in [0.15, 0.2) is 5.88 Å². The lowest BCUT2D eigenvalue weighted by molar-refractivity contribution is 0.549. The van der Waals surface area contributed by atoms with Crippen molar-refractivity contribution in [3.8, 4) is 0 Å². The topological polar surface area (TPSA) is 25.2 Å². The van der Waals surface area contributed by atoms with Crippen LogP contribution in [0.4, 0.5) is 5.88 Å². The molecule has 1 heterocycles. The lowest BCUT2D eigenvalue weighted by Gasteiger charge is -1.87. The van der Waals surface area contributed by atoms with Gasteiger partial charge in [-0.1, -0.05) is 27.7 Å². The molecule has 0 aliphatic heterocycles. The van der Waals surface area contributed by atoms with Crippen LogP contribution in [0.25, 0.3) is 0 Å². The average molecular weight is 171 g/mol. The van der Waals surface area contributed by atoms with Crippen LogP contribution in [0.15, 0.2) is 16.5 Å². The van der Waals surface area contributed by atoms with Gasteiger partial charge in [0.2, 0.25) is 0 Å². The fourth-order valence-electron chi connectivity index (χ4n) is 0.569. The minimum Gasteiger partial charge on any atom is -0.446 e. The van der Waals surface area contributed by atoms with Crippen molar-refractivity contribution < 1.29 is 4.42 Å². The first-order valence-corrected chi connectivity index (χ1v) is 4.57. The zero-order valence-corrected chi connectivity index (χ0v) is 9.06. The highest BCUT2D eigenvalue weighted by Gasteiger charge is 1.90. The van der Waals surface area contributed by atoms with E-state index >= 15 is 0 Å². The van der Waals surface area contributed by atoms with Gasteiger partial charge < -0.3 is 9.73 Å². The molecular formula is C10H21NO. The first-order chi connectivity index (χ1) is 5.83. The molecule has 0 saturated heterocycles. The summed E-state index contributed by atoms with van der Waals surface area (Å²) in [6, 6.07) is 3.82. The Balaban J connectivity index is 0. The van der Waals surface area contributed by atoms with Gasteiger partial charge in [-0.25, -0.2) is 0 Å². The van der Waals surface area contributed by atoms with E-state index in [4.69, 9.17) is 4.42 Å². The molecule has 2 heteroatoms. The van der Waals surface area contributed by atoms with Crippen molar-refractivity contribution in [1.82, 2.24) is 0 Å². The number of furan rings is 1. The molecule has 72 valence electrons. The molecule has 0 spiro atoms. The van der Waals surface area contributed by atoms with Crippen molar-refractivity contribution in [2.24, 2.45) is 0 Å². The summed E-state index contributed by atoms with van der Waals surface area (Å²) in [4.78, 5) is 0. The lowest BCUT2D eigenvalue weighted by atomic mass is 10.5. The zero-order valence-electron chi connectivity index (χ0n) is 9.06. The predicted molar refractivity (Wildman–Crippen MR) is 55.7 cm³/mol. The van der Waals surface area contributed by atoms with Crippen molar-refractivity contribution in [2.75, 3.05) is 12.4 Å². The minimum atomic E-state index is 0.822. The van der Waals surface area contributed by atoms with Crippen molar-refractivity contribution in [2.45, 2.75) is 34.6 Å². The normalized spacial score (nSPS) is 7.17. The maximum atomic E-state index is 5.12. The molecule has 1 aromatic rings. The minimum absolute atomic E-state index is 0.822. The van der Waals surface area contributed by atoms with Gasteiger partial charge in [0.1, 0.15) is 5.76 Å². The van der Waals surface area contributed by atoms with Gasteiger partial charge in [0.25, 0.3) is 0 Å². The van der Waals surface area contributed by atoms with Gasteiger partial charge in [-0.15, -0.1) is 0 Å². The molecule has 0 aliphatic rings. The van der Waals surface area contributed by atoms with Gasteiger partial charge >= 0.3 is 0 Å². The summed E-state index contributed by atoms with van der Waals surface area (Å²) in [6.07, 6.45) is 0. The van der Waals surface area contributed by atoms with Gasteiger partial charge in [0, 0.05) is 13.1 Å². The second-order valence-corrected chi connectivity index (χ2v) is 1.66. The van der Waals surface area contributed by atoms with E-state index in [0.29, 0.717) is 0 Å². The third kappa shape index (κ3) is 5.83. The molecule has 0 radical (unpaired) electrons. The van der Waals surface area contributed by atoms with Crippen molar-refractivity contribution in [1.29, 1.82) is 0 Å². The van der Waals surface area contributed by atoms with Gasteiger partial charge in [0.05, 0.1) is 0 Å². The molecule has 2 nitrogen and oxygen atoms in total. The van der Waals surface area contributed by atoms with E-state index < -0.39 is 0 Å². The summed E-state index contributed by atoms with van der Waals surface area (Å²) in [5, 5.41) is 2.88. The fraction of sp³-hybridized carbons (Fsp3) is 0.600. The summed E-state index contributed by atoms with van der Waals surface area (Å²) in [5.41, 5.74) is 0. The van der Waals surface area contributed by atoms with Crippen molar-refractivity contribution >= 4 is 5.88 Å². The second-order valence-electron chi connectivity index (χ2n) is 1.66. The Labute approximate surface area is 76.0 Å². The molecule has 0 saturated carbocycles. The standard InChI is InChI=1S/C6H9NO.2C2H6/c1-5-3-4-6(7-2)8-5;2*1-2/h3-4,7H,1-2H3;2*1-2H3. The summed E-state index contributed by atoms with van der Waals surface area (Å²) < 4.78 is 5.12. The van der Waals surface area contributed by atoms with Crippen molar-refractivity contribution in [3.63, 3.8) is 0 Å². The van der Waals surface area contributed by atoms with E-state index in [1.54, 1.807) is 0 Å². The molecule has 0 aromatic carbocycles. The van der Waals surface area contributed by atoms with E-state index in [2.05, 4.69) is 5.32 Å². The molecule has 0 unspecified atom stereocenters. The number of nitrogens with one attached hydrogen (secondary N) is 1. The fourth-order valence-corrected chi connectivity index (χ4v) is 0.569. The highest BCUT2D eigenvalue weighted by atomic mass is 16.4. The highest BCUT2D eigenvalue weighted by Crippen LogP contribution is 2.09. The van der Waals surface area contributed by atoms with E-state index in [-0.39, 0.29) is 0 Å². The SMILES string of the molecule is CC.CC.CNc1ccc(C)o1. The molecule has 1 aromatic heterocycles. The van der Waals surface area contributed by atoms with Crippen LogP contribution in [0.2, 0.25) is 0 Å². The second kappa shape index (κ2) is 10.1. The molecule has 0 amide bonds. The molecule has 0 aliphatic carbocycles. The molecular weight excluding hydrogens is 150 g/mol. The summed E-state index contributed by atoms with van der Waals surface area (Å²) in [6.45, 7) is 9.92. The monoisotopic (exact) mass is 171 g/mol. The molecule has 12 heavy (non-hydrogen) atoms. The number of hydrogen-bond donors (Lipinski definition) is 1. The van der Waals surface area contributed by atoms with Crippen LogP contribution in [0.1, 0.15) is 33.5 Å². The van der Waals surface area contributed by atoms with E-state index in [0.717, 1.165) is 11.6 Å². The summed E-state index contributed by atoms with van der Waals surface area (Å²) >= 11 is 0. The number of anilines is 1. The van der Waals surface area contributed by atoms with Crippen LogP contribution >= 0.6 is 0 Å². The quantitative estimate of drug-likeness (QED) is 0.697. The number of hydrogen-bond acceptors (Lipinski definition) is 2. The predicted octanol–water partition coefficient (Wildman–Crippen LogP) is 3.68. The molecule has 0 fully saturated rings. The van der Waals surface area contributed by atoms with E-state index in [1.807, 2.05) is 53.8 Å². The Bertz CT molecular complexity index is 170. The Morgan fingerprint density at radius 2 is 1.58 bits per heavy atom. The largest absolute Gasteiger partial charge is 0.446 e. The molecule has 1 rings (SSSR count). The first kappa shape index (κ1) is 13.7. The summed E-state index contributed by atoms with van der Waals surface area (Å²) in [7, 11) is 1.83. The van der Waals surface area contributed by atoms with Crippen LogP contribution in [-0.2, 0) is 0 Å². The third-order valence-corrected chi connectivity index (χ3v) is 0.987. The van der Waals surface area contributed by atoms with Crippen LogP contribution in [0.5, 0.6) is 0 Å². The third-order valence-electron chi connectivity index (χ3n) is 0.987. The average Bonchev–Trinajstić information content (AvgIpc) is 2.58. The molecule has 0 bridgehead atoms. The Hall–Kier alpha value is -0.920. The number of rotatable bonds is 1. The van der Waals surface area contributed by atoms with Crippen LogP contribution in [-0.4, -0.2) is 7.05 Å². The van der Waals surface area contributed by atoms with E-state index in [1.165, 1.54) is 0 Å². The molecule has 0 atom stereocenters. The highest BCUT2D eigenvalue weighted by molar-refractivity contribution is 5.30. The number of aryl methyl sites for hydroxylation is 1. The van der Waals surface area contributed by atoms with Crippen LogP contribution < -0.4 is 5.32 Å². The van der Waals surface area contributed by atoms with Gasteiger partial charge in [-0.2, -0.15) is 0 Å². The Kier molecular flexibility index (Phi) is 11.5. The van der Waals surface area contributed by atoms with Crippen LogP contribution in [0.3, 0.4) is 0 Å². The Morgan fingerprint density at radius 3 is 1.75 bits per heavy atom. The maximum Gasteiger partial charge on any atom is 0.192 e. The maximum absolute atomic E-state index is 5.12. The summed E-state index contributed by atoms with van der Waals surface area (Å²) in [5.74, 6) is 1.76. The smallest absolute Gasteiger partial charge is 0.192 e. The molecule has 1 N–H and O–H groups in total. The zero-order chi connectivity index (χ0) is 9.98. The Morgan fingerprint density at radius 1 is 1.08 bits per heavy atom. The van der Waals surface area contributed by atoms with Crippen molar-refractivity contribution in [3.05, 3.63) is 17.9 Å².